The largest absolute Gasteiger partial charge is 0.339 e. The maximum absolute atomic E-state index is 12.2. The summed E-state index contributed by atoms with van der Waals surface area (Å²) in [6.45, 7) is 5.83. The van der Waals surface area contributed by atoms with Crippen molar-refractivity contribution in [3.8, 4) is 34.0 Å². The minimum atomic E-state index is -0.0201. The van der Waals surface area contributed by atoms with Gasteiger partial charge in [0.2, 0.25) is 0 Å². The first-order valence-corrected chi connectivity index (χ1v) is 10.9. The fourth-order valence-electron chi connectivity index (χ4n) is 4.06. The zero-order chi connectivity index (χ0) is 23.1. The highest BCUT2D eigenvalue weighted by atomic mass is 16.2. The van der Waals surface area contributed by atoms with E-state index in [-0.39, 0.29) is 6.03 Å². The second-order valence-corrected chi connectivity index (χ2v) is 8.38. The SMILES string of the molecule is CCn1cc(-c2ccnc(-c3nc4c([nH]3)CN(C(=O)N(C)C)C4)c2)c(-c2cccc(C)n2)n1. The third kappa shape index (κ3) is 3.86. The maximum atomic E-state index is 12.2. The molecule has 0 radical (unpaired) electrons. The molecular formula is C24H26N8O. The van der Waals surface area contributed by atoms with Crippen LogP contribution < -0.4 is 0 Å². The number of pyridine rings is 2. The van der Waals surface area contributed by atoms with Crippen LogP contribution >= 0.6 is 0 Å². The quantitative estimate of drug-likeness (QED) is 0.520. The molecule has 1 aliphatic heterocycles. The van der Waals surface area contributed by atoms with Crippen LogP contribution in [-0.4, -0.2) is 59.6 Å². The fraction of sp³-hybridized carbons (Fsp3) is 0.292. The van der Waals surface area contributed by atoms with Crippen molar-refractivity contribution in [2.75, 3.05) is 14.1 Å². The second-order valence-electron chi connectivity index (χ2n) is 8.38. The summed E-state index contributed by atoms with van der Waals surface area (Å²) in [4.78, 5) is 32.9. The number of hydrogen-bond donors (Lipinski definition) is 1. The minimum Gasteiger partial charge on any atom is -0.339 e. The second kappa shape index (κ2) is 8.16. The number of nitrogens with one attached hydrogen (secondary N) is 1. The number of imidazole rings is 1. The number of nitrogens with zero attached hydrogens (tertiary/aromatic N) is 7. The number of rotatable bonds is 4. The average Bonchev–Trinajstić information content (AvgIpc) is 3.51. The number of H-pyrrole nitrogens is 1. The molecule has 0 aliphatic carbocycles. The first-order chi connectivity index (χ1) is 15.9. The molecule has 168 valence electrons. The molecule has 0 saturated carbocycles. The average molecular weight is 443 g/mol. The van der Waals surface area contributed by atoms with Crippen LogP contribution in [-0.2, 0) is 19.6 Å². The lowest BCUT2D eigenvalue weighted by molar-refractivity contribution is 0.170. The summed E-state index contributed by atoms with van der Waals surface area (Å²) in [5.41, 5.74) is 7.23. The lowest BCUT2D eigenvalue weighted by atomic mass is 10.0. The van der Waals surface area contributed by atoms with E-state index in [1.807, 2.05) is 48.1 Å². The number of carbonyl (C=O) groups is 1. The van der Waals surface area contributed by atoms with Crippen molar-refractivity contribution in [2.45, 2.75) is 33.5 Å². The fourth-order valence-corrected chi connectivity index (χ4v) is 4.06. The van der Waals surface area contributed by atoms with E-state index in [2.05, 4.69) is 21.9 Å². The molecule has 1 aliphatic rings. The van der Waals surface area contributed by atoms with Crippen LogP contribution in [0.4, 0.5) is 4.79 Å². The van der Waals surface area contributed by atoms with Gasteiger partial charge < -0.3 is 14.8 Å². The van der Waals surface area contributed by atoms with E-state index in [0.29, 0.717) is 18.9 Å². The molecule has 0 aromatic carbocycles. The standard InChI is InChI=1S/C24H26N8O/c1-5-32-12-17(22(29-32)18-8-6-7-15(2)26-18)16-9-10-25-19(11-16)23-27-20-13-31(14-21(20)28-23)24(33)30(3)4/h6-12H,5,13-14H2,1-4H3,(H,27,28). The van der Waals surface area contributed by atoms with Gasteiger partial charge in [-0.3, -0.25) is 14.6 Å². The molecular weight excluding hydrogens is 416 g/mol. The normalized spacial score (nSPS) is 12.8. The van der Waals surface area contributed by atoms with Crippen LogP contribution in [0.2, 0.25) is 0 Å². The summed E-state index contributed by atoms with van der Waals surface area (Å²) in [6, 6.07) is 9.94. The van der Waals surface area contributed by atoms with Gasteiger partial charge in [0, 0.05) is 44.3 Å². The number of amides is 2. The summed E-state index contributed by atoms with van der Waals surface area (Å²) >= 11 is 0. The molecule has 0 unspecified atom stereocenters. The molecule has 0 spiro atoms. The maximum Gasteiger partial charge on any atom is 0.320 e. The summed E-state index contributed by atoms with van der Waals surface area (Å²) < 4.78 is 1.92. The van der Waals surface area contributed by atoms with Crippen molar-refractivity contribution in [3.63, 3.8) is 0 Å². The third-order valence-electron chi connectivity index (χ3n) is 5.74. The molecule has 9 heteroatoms. The Morgan fingerprint density at radius 3 is 2.73 bits per heavy atom. The van der Waals surface area contributed by atoms with Gasteiger partial charge in [-0.25, -0.2) is 9.78 Å². The molecule has 1 N–H and O–H groups in total. The van der Waals surface area contributed by atoms with Crippen LogP contribution in [0.15, 0.2) is 42.7 Å². The van der Waals surface area contributed by atoms with Crippen molar-refractivity contribution >= 4 is 6.03 Å². The molecule has 0 bridgehead atoms. The van der Waals surface area contributed by atoms with Crippen LogP contribution in [0.5, 0.6) is 0 Å². The highest BCUT2D eigenvalue weighted by Gasteiger charge is 2.28. The monoisotopic (exact) mass is 442 g/mol. The van der Waals surface area contributed by atoms with Gasteiger partial charge in [0.05, 0.1) is 30.2 Å². The van der Waals surface area contributed by atoms with Gasteiger partial charge in [0.15, 0.2) is 5.82 Å². The van der Waals surface area contributed by atoms with Crippen LogP contribution in [0.3, 0.4) is 0 Å². The Bertz CT molecular complexity index is 1310. The number of aromatic amines is 1. The number of fused-ring (bicyclic) bond motifs is 1. The van der Waals surface area contributed by atoms with E-state index in [1.165, 1.54) is 0 Å². The molecule has 4 aromatic heterocycles. The lowest BCUT2D eigenvalue weighted by Gasteiger charge is -2.20. The number of urea groups is 1. The predicted molar refractivity (Wildman–Crippen MR) is 125 cm³/mol. The molecule has 4 aromatic rings. The van der Waals surface area contributed by atoms with Crippen molar-refractivity contribution < 1.29 is 4.79 Å². The number of carbonyl (C=O) groups excluding carboxylic acids is 1. The molecule has 0 atom stereocenters. The zero-order valence-corrected chi connectivity index (χ0v) is 19.2. The molecule has 2 amide bonds. The molecule has 5 rings (SSSR count). The summed E-state index contributed by atoms with van der Waals surface area (Å²) in [5, 5.41) is 4.77. The van der Waals surface area contributed by atoms with Crippen molar-refractivity contribution in [3.05, 3.63) is 59.8 Å². The summed E-state index contributed by atoms with van der Waals surface area (Å²) in [6.07, 6.45) is 3.84. The van der Waals surface area contributed by atoms with Gasteiger partial charge in [-0.05, 0) is 43.7 Å². The third-order valence-corrected chi connectivity index (χ3v) is 5.74. The van der Waals surface area contributed by atoms with Crippen LogP contribution in [0.1, 0.15) is 24.0 Å². The number of aromatic nitrogens is 6. The van der Waals surface area contributed by atoms with E-state index in [9.17, 15) is 4.79 Å². The Balaban J connectivity index is 1.48. The van der Waals surface area contributed by atoms with Crippen molar-refractivity contribution in [1.29, 1.82) is 0 Å². The summed E-state index contributed by atoms with van der Waals surface area (Å²) in [7, 11) is 3.51. The Labute approximate surface area is 192 Å². The Morgan fingerprint density at radius 1 is 1.15 bits per heavy atom. The van der Waals surface area contributed by atoms with Gasteiger partial charge in [-0.2, -0.15) is 5.10 Å². The lowest BCUT2D eigenvalue weighted by Crippen LogP contribution is -2.35. The number of aryl methyl sites for hydroxylation is 2. The Kier molecular flexibility index (Phi) is 5.16. The van der Waals surface area contributed by atoms with Gasteiger partial charge >= 0.3 is 6.03 Å². The van der Waals surface area contributed by atoms with Crippen molar-refractivity contribution in [2.24, 2.45) is 0 Å². The van der Waals surface area contributed by atoms with Gasteiger partial charge in [0.1, 0.15) is 11.4 Å². The predicted octanol–water partition coefficient (Wildman–Crippen LogP) is 3.72. The molecule has 5 heterocycles. The van der Waals surface area contributed by atoms with Crippen LogP contribution in [0, 0.1) is 6.92 Å². The molecule has 0 fully saturated rings. The highest BCUT2D eigenvalue weighted by molar-refractivity contribution is 5.80. The Hall–Kier alpha value is -4.01. The molecule has 9 nitrogen and oxygen atoms in total. The zero-order valence-electron chi connectivity index (χ0n) is 19.2. The van der Waals surface area contributed by atoms with Gasteiger partial charge in [0.25, 0.3) is 0 Å². The first kappa shape index (κ1) is 20.9. The Morgan fingerprint density at radius 2 is 2.00 bits per heavy atom. The van der Waals surface area contributed by atoms with E-state index in [0.717, 1.165) is 51.8 Å². The minimum absolute atomic E-state index is 0.0201. The first-order valence-electron chi connectivity index (χ1n) is 10.9. The van der Waals surface area contributed by atoms with E-state index in [1.54, 1.807) is 30.1 Å². The smallest absolute Gasteiger partial charge is 0.320 e. The molecule has 0 saturated heterocycles. The highest BCUT2D eigenvalue weighted by Crippen LogP contribution is 2.32. The van der Waals surface area contributed by atoms with Gasteiger partial charge in [-0.1, -0.05) is 6.07 Å². The van der Waals surface area contributed by atoms with Crippen molar-refractivity contribution in [1.82, 2.24) is 39.5 Å². The van der Waals surface area contributed by atoms with Gasteiger partial charge in [-0.15, -0.1) is 0 Å². The van der Waals surface area contributed by atoms with E-state index >= 15 is 0 Å². The summed E-state index contributed by atoms with van der Waals surface area (Å²) in [5.74, 6) is 0.705. The van der Waals surface area contributed by atoms with Crippen LogP contribution in [0.25, 0.3) is 34.0 Å². The van der Waals surface area contributed by atoms with E-state index < -0.39 is 0 Å². The number of hydrogen-bond acceptors (Lipinski definition) is 5. The van der Waals surface area contributed by atoms with E-state index in [4.69, 9.17) is 10.1 Å². The topological polar surface area (TPSA) is 95.8 Å². The molecule has 33 heavy (non-hydrogen) atoms.